The van der Waals surface area contributed by atoms with Crippen LogP contribution in [-0.4, -0.2) is 75.7 Å². The van der Waals surface area contributed by atoms with E-state index in [0.29, 0.717) is 11.3 Å². The molecule has 1 unspecified atom stereocenters. The molecule has 0 N–H and O–H groups in total. The van der Waals surface area contributed by atoms with Crippen molar-refractivity contribution in [2.24, 2.45) is 0 Å². The molecule has 6 heteroatoms. The highest BCUT2D eigenvalue weighted by atomic mass is 28.3. The third kappa shape index (κ3) is 10.0. The minimum Gasteiger partial charge on any atom is -0.394 e. The Balaban J connectivity index is 2.69. The summed E-state index contributed by atoms with van der Waals surface area (Å²) in [6, 6.07) is 10.8. The first-order valence-electron chi connectivity index (χ1n) is 10.2. The highest BCUT2D eigenvalue weighted by Crippen LogP contribution is 2.22. The second-order valence-corrected chi connectivity index (χ2v) is 11.7. The molecular weight excluding hydrogens is 368 g/mol. The van der Waals surface area contributed by atoms with Crippen LogP contribution in [0.4, 0.5) is 0 Å². The third-order valence-electron chi connectivity index (χ3n) is 4.43. The summed E-state index contributed by atoms with van der Waals surface area (Å²) in [5.41, 5.74) is 0. The Morgan fingerprint density at radius 3 is 2.07 bits per heavy atom. The molecule has 0 aliphatic heterocycles. The first kappa shape index (κ1) is 24.5. The van der Waals surface area contributed by atoms with Crippen LogP contribution in [0.1, 0.15) is 46.5 Å². The number of benzene rings is 1. The molecule has 0 saturated heterocycles. The van der Waals surface area contributed by atoms with Gasteiger partial charge in [-0.25, -0.2) is 0 Å². The van der Waals surface area contributed by atoms with E-state index < -0.39 is 9.28 Å². The average Bonchev–Trinajstić information content (AvgIpc) is 2.60. The fourth-order valence-electron chi connectivity index (χ4n) is 3.23. The second kappa shape index (κ2) is 13.6. The summed E-state index contributed by atoms with van der Waals surface area (Å²) in [5, 5.41) is 1.92. The molecule has 1 atom stereocenters. The molecule has 0 fully saturated rings. The molecule has 27 heavy (non-hydrogen) atoms. The van der Waals surface area contributed by atoms with Gasteiger partial charge in [0.25, 0.3) is 0 Å². The first-order valence-corrected chi connectivity index (χ1v) is 12.6. The molecule has 1 aromatic rings. The van der Waals surface area contributed by atoms with E-state index in [1.807, 2.05) is 0 Å². The smallest absolute Gasteiger partial charge is 0.385 e. The van der Waals surface area contributed by atoms with Gasteiger partial charge in [0.1, 0.15) is 0 Å². The number of hydrogen-bond donors (Lipinski definition) is 0. The van der Waals surface area contributed by atoms with E-state index in [9.17, 15) is 0 Å². The first-order chi connectivity index (χ1) is 12.8. The van der Waals surface area contributed by atoms with Crippen LogP contribution in [0.25, 0.3) is 0 Å². The monoisotopic (exact) mass is 407 g/mol. The van der Waals surface area contributed by atoms with Crippen LogP contribution in [0.2, 0.25) is 5.16 Å². The van der Waals surface area contributed by atoms with E-state index in [0.717, 1.165) is 16.1 Å². The van der Waals surface area contributed by atoms with Crippen LogP contribution >= 0.6 is 0 Å². The molecule has 0 amide bonds. The van der Waals surface area contributed by atoms with Crippen molar-refractivity contribution in [1.82, 2.24) is 9.80 Å². The average molecular weight is 408 g/mol. The molecule has 0 bridgehead atoms. The van der Waals surface area contributed by atoms with E-state index in [4.69, 9.17) is 8.85 Å². The lowest BCUT2D eigenvalue weighted by molar-refractivity contribution is 0.117. The van der Waals surface area contributed by atoms with Gasteiger partial charge in [-0.1, -0.05) is 54.8 Å². The molecule has 0 heterocycles. The van der Waals surface area contributed by atoms with Gasteiger partial charge in [-0.05, 0) is 55.4 Å². The lowest BCUT2D eigenvalue weighted by Crippen LogP contribution is -2.40. The van der Waals surface area contributed by atoms with Crippen molar-refractivity contribution in [3.63, 3.8) is 0 Å². The fourth-order valence-corrected chi connectivity index (χ4v) is 7.41. The van der Waals surface area contributed by atoms with Crippen molar-refractivity contribution in [3.05, 3.63) is 30.3 Å². The van der Waals surface area contributed by atoms with Gasteiger partial charge in [-0.2, -0.15) is 0 Å². The zero-order chi connectivity index (χ0) is 20.2. The van der Waals surface area contributed by atoms with E-state index in [2.05, 4.69) is 89.1 Å². The summed E-state index contributed by atoms with van der Waals surface area (Å²) < 4.78 is 12.4. The Bertz CT molecular complexity index is 478. The number of unbranched alkanes of at least 4 members (excludes halogenated alkanes) is 1. The molecule has 0 aliphatic rings. The van der Waals surface area contributed by atoms with Gasteiger partial charge in [0.15, 0.2) is 0 Å². The predicted octanol–water partition coefficient (Wildman–Crippen LogP) is 3.30. The Labute approximate surface area is 171 Å². The summed E-state index contributed by atoms with van der Waals surface area (Å²) in [6.45, 7) is 7.05. The summed E-state index contributed by atoms with van der Waals surface area (Å²) in [4.78, 5) is 4.61. The summed E-state index contributed by atoms with van der Waals surface area (Å²) >= 11 is 0. The van der Waals surface area contributed by atoms with Crippen LogP contribution in [0.15, 0.2) is 30.3 Å². The second-order valence-electron chi connectivity index (χ2n) is 7.67. The van der Waals surface area contributed by atoms with Crippen LogP contribution in [0.5, 0.6) is 0 Å². The zero-order valence-electron chi connectivity index (χ0n) is 18.4. The third-order valence-corrected chi connectivity index (χ3v) is 9.01. The van der Waals surface area contributed by atoms with Crippen molar-refractivity contribution >= 4 is 24.0 Å². The largest absolute Gasteiger partial charge is 0.394 e. The van der Waals surface area contributed by atoms with Crippen LogP contribution in [-0.2, 0) is 8.85 Å². The highest BCUT2D eigenvalue weighted by Gasteiger charge is 2.30. The maximum absolute atomic E-state index is 6.25. The van der Waals surface area contributed by atoms with Gasteiger partial charge < -0.3 is 8.85 Å². The molecule has 1 aromatic carbocycles. The van der Waals surface area contributed by atoms with Gasteiger partial charge in [-0.15, -0.1) is 0 Å². The molecule has 1 rings (SSSR count). The van der Waals surface area contributed by atoms with Crippen molar-refractivity contribution in [3.8, 4) is 0 Å². The summed E-state index contributed by atoms with van der Waals surface area (Å²) in [6.07, 6.45) is 5.57. The van der Waals surface area contributed by atoms with Gasteiger partial charge in [0, 0.05) is 17.9 Å². The molecule has 3 radical (unpaired) electrons. The molecule has 0 aliphatic carbocycles. The van der Waals surface area contributed by atoms with Crippen molar-refractivity contribution in [1.29, 1.82) is 0 Å². The van der Waals surface area contributed by atoms with Gasteiger partial charge in [-0.3, -0.25) is 9.80 Å². The molecule has 153 valence electrons. The van der Waals surface area contributed by atoms with Gasteiger partial charge in [0.05, 0.1) is 15.7 Å². The SMILES string of the molecule is CCO[Si](OC(C)C)C(CCCCC(N(C)C)N(C)C)[Si]c1ccccc1. The van der Waals surface area contributed by atoms with Crippen molar-refractivity contribution < 1.29 is 8.85 Å². The number of nitrogens with zero attached hydrogens (tertiary/aromatic N) is 2. The maximum atomic E-state index is 6.25. The zero-order valence-corrected chi connectivity index (χ0v) is 20.4. The van der Waals surface area contributed by atoms with Gasteiger partial charge in [0.2, 0.25) is 0 Å². The number of hydrogen-bond acceptors (Lipinski definition) is 4. The Kier molecular flexibility index (Phi) is 12.4. The van der Waals surface area contributed by atoms with E-state index in [-0.39, 0.29) is 6.10 Å². The maximum Gasteiger partial charge on any atom is 0.385 e. The highest BCUT2D eigenvalue weighted by molar-refractivity contribution is 6.70. The normalized spacial score (nSPS) is 13.5. The molecule has 0 saturated carbocycles. The predicted molar refractivity (Wildman–Crippen MR) is 119 cm³/mol. The standard InChI is InChI=1S/C21H39N2O2Si2/c1-8-24-27(25-18(2)3)21(26-19-14-10-9-11-15-19)17-13-12-16-20(22(4)5)23(6)7/h9-11,14-15,18,20-21H,8,12-13,16-17H2,1-7H3. The summed E-state index contributed by atoms with van der Waals surface area (Å²) in [7, 11) is 8.14. The summed E-state index contributed by atoms with van der Waals surface area (Å²) in [5.74, 6) is 0. The molecular formula is C21H39N2O2Si2. The fraction of sp³-hybridized carbons (Fsp3) is 0.714. The Morgan fingerprint density at radius 2 is 1.56 bits per heavy atom. The van der Waals surface area contributed by atoms with E-state index in [1.165, 1.54) is 30.9 Å². The van der Waals surface area contributed by atoms with Crippen molar-refractivity contribution in [2.75, 3.05) is 34.8 Å². The quantitative estimate of drug-likeness (QED) is 0.268. The van der Waals surface area contributed by atoms with Crippen LogP contribution in [0.3, 0.4) is 0 Å². The molecule has 4 nitrogen and oxygen atoms in total. The molecule has 0 spiro atoms. The lowest BCUT2D eigenvalue weighted by atomic mass is 10.1. The minimum absolute atomic E-state index is 0.223. The molecule has 0 aromatic heterocycles. The van der Waals surface area contributed by atoms with Crippen LogP contribution in [0, 0.1) is 0 Å². The van der Waals surface area contributed by atoms with Gasteiger partial charge >= 0.3 is 9.28 Å². The Hall–Kier alpha value is -0.506. The topological polar surface area (TPSA) is 24.9 Å². The number of rotatable bonds is 14. The van der Waals surface area contributed by atoms with Crippen LogP contribution < -0.4 is 5.19 Å². The van der Waals surface area contributed by atoms with E-state index in [1.54, 1.807) is 0 Å². The minimum atomic E-state index is -1.27. The lowest BCUT2D eigenvalue weighted by Gasteiger charge is -2.31. The van der Waals surface area contributed by atoms with Crippen molar-refractivity contribution in [2.45, 2.75) is 63.9 Å². The van der Waals surface area contributed by atoms with E-state index >= 15 is 0 Å². The Morgan fingerprint density at radius 1 is 0.963 bits per heavy atom.